The van der Waals surface area contributed by atoms with Gasteiger partial charge in [0.05, 0.1) is 6.04 Å². The molecule has 1 unspecified atom stereocenters. The lowest BCUT2D eigenvalue weighted by atomic mass is 10.1. The molecule has 0 saturated heterocycles. The summed E-state index contributed by atoms with van der Waals surface area (Å²) >= 11 is 0. The highest BCUT2D eigenvalue weighted by Crippen LogP contribution is 2.18. The van der Waals surface area contributed by atoms with Gasteiger partial charge >= 0.3 is 0 Å². The van der Waals surface area contributed by atoms with E-state index in [1.165, 1.54) is 5.56 Å². The first kappa shape index (κ1) is 19.5. The number of nitrogens with one attached hydrogen (secondary N) is 1. The fourth-order valence-electron chi connectivity index (χ4n) is 3.00. The van der Waals surface area contributed by atoms with E-state index in [1.54, 1.807) is 6.07 Å². The maximum atomic E-state index is 12.5. The Balaban J connectivity index is 1.69. The van der Waals surface area contributed by atoms with Crippen molar-refractivity contribution in [1.29, 1.82) is 0 Å². The van der Waals surface area contributed by atoms with E-state index in [-0.39, 0.29) is 18.0 Å². The lowest BCUT2D eigenvalue weighted by Gasteiger charge is -2.27. The molecule has 0 aliphatic heterocycles. The van der Waals surface area contributed by atoms with Crippen LogP contribution in [0.15, 0.2) is 72.8 Å². The predicted molar refractivity (Wildman–Crippen MR) is 112 cm³/mol. The summed E-state index contributed by atoms with van der Waals surface area (Å²) in [5.41, 5.74) is 2.57. The van der Waals surface area contributed by atoms with Gasteiger partial charge in [0.25, 0.3) is 5.91 Å². The standard InChI is InChI=1S/C23H26N4O/c1-17(2)27(16-19-10-6-4-7-11-19)22-15-14-21(25-26-22)23(28)24-18(3)20-12-8-5-9-13-20/h4-15,17-18H,16H2,1-3H3,(H,24,28). The van der Waals surface area contributed by atoms with Crippen LogP contribution in [-0.4, -0.2) is 22.1 Å². The molecule has 5 nitrogen and oxygen atoms in total. The first-order valence-corrected chi connectivity index (χ1v) is 9.54. The third-order valence-electron chi connectivity index (χ3n) is 4.64. The summed E-state index contributed by atoms with van der Waals surface area (Å²) in [6.45, 7) is 6.93. The van der Waals surface area contributed by atoms with E-state index >= 15 is 0 Å². The number of hydrogen-bond acceptors (Lipinski definition) is 4. The Morgan fingerprint density at radius 3 is 2.11 bits per heavy atom. The first-order chi connectivity index (χ1) is 13.5. The number of hydrogen-bond donors (Lipinski definition) is 1. The normalized spacial score (nSPS) is 11.9. The van der Waals surface area contributed by atoms with Crippen LogP contribution < -0.4 is 10.2 Å². The summed E-state index contributed by atoms with van der Waals surface area (Å²) in [7, 11) is 0. The topological polar surface area (TPSA) is 58.1 Å². The second-order valence-electron chi connectivity index (χ2n) is 7.09. The van der Waals surface area contributed by atoms with Gasteiger partial charge < -0.3 is 10.2 Å². The molecule has 1 heterocycles. The van der Waals surface area contributed by atoms with Crippen LogP contribution in [0.5, 0.6) is 0 Å². The predicted octanol–water partition coefficient (Wildman–Crippen LogP) is 4.38. The van der Waals surface area contributed by atoms with Gasteiger partial charge in [-0.15, -0.1) is 10.2 Å². The minimum absolute atomic E-state index is 0.0968. The van der Waals surface area contributed by atoms with Crippen molar-refractivity contribution in [3.63, 3.8) is 0 Å². The fourth-order valence-corrected chi connectivity index (χ4v) is 3.00. The Bertz CT molecular complexity index is 879. The molecular weight excluding hydrogens is 348 g/mol. The van der Waals surface area contributed by atoms with Crippen LogP contribution in [0.3, 0.4) is 0 Å². The van der Waals surface area contributed by atoms with Gasteiger partial charge in [-0.2, -0.15) is 0 Å². The van der Waals surface area contributed by atoms with E-state index in [9.17, 15) is 4.79 Å². The molecular formula is C23H26N4O. The Labute approximate surface area is 166 Å². The van der Waals surface area contributed by atoms with Crippen molar-refractivity contribution < 1.29 is 4.79 Å². The summed E-state index contributed by atoms with van der Waals surface area (Å²) in [6, 6.07) is 23.9. The smallest absolute Gasteiger partial charge is 0.272 e. The minimum Gasteiger partial charge on any atom is -0.348 e. The van der Waals surface area contributed by atoms with Crippen molar-refractivity contribution in [2.45, 2.75) is 39.4 Å². The van der Waals surface area contributed by atoms with Gasteiger partial charge in [0, 0.05) is 12.6 Å². The van der Waals surface area contributed by atoms with Gasteiger partial charge in [0.1, 0.15) is 0 Å². The number of carbonyl (C=O) groups excluding carboxylic acids is 1. The number of carbonyl (C=O) groups is 1. The van der Waals surface area contributed by atoms with Crippen molar-refractivity contribution in [3.05, 3.63) is 89.6 Å². The summed E-state index contributed by atoms with van der Waals surface area (Å²) in [5, 5.41) is 11.4. The average molecular weight is 374 g/mol. The second-order valence-corrected chi connectivity index (χ2v) is 7.09. The largest absolute Gasteiger partial charge is 0.348 e. The van der Waals surface area contributed by atoms with Crippen LogP contribution in [-0.2, 0) is 6.54 Å². The molecule has 1 atom stereocenters. The van der Waals surface area contributed by atoms with Crippen LogP contribution in [0.2, 0.25) is 0 Å². The summed E-state index contributed by atoms with van der Waals surface area (Å²) in [6.07, 6.45) is 0. The summed E-state index contributed by atoms with van der Waals surface area (Å²) in [4.78, 5) is 14.7. The van der Waals surface area contributed by atoms with Crippen LogP contribution in [0.1, 0.15) is 48.4 Å². The molecule has 3 aromatic rings. The van der Waals surface area contributed by atoms with Gasteiger partial charge in [-0.3, -0.25) is 4.79 Å². The SMILES string of the molecule is CC(NC(=O)c1ccc(N(Cc2ccccc2)C(C)C)nn1)c1ccccc1. The lowest BCUT2D eigenvalue weighted by Crippen LogP contribution is -2.32. The maximum Gasteiger partial charge on any atom is 0.272 e. The number of aromatic nitrogens is 2. The average Bonchev–Trinajstić information content (AvgIpc) is 2.73. The number of amides is 1. The van der Waals surface area contributed by atoms with Gasteiger partial charge in [-0.05, 0) is 44.0 Å². The molecule has 5 heteroatoms. The van der Waals surface area contributed by atoms with E-state index in [4.69, 9.17) is 0 Å². The molecule has 0 spiro atoms. The van der Waals surface area contributed by atoms with Crippen molar-refractivity contribution in [3.8, 4) is 0 Å². The molecule has 0 radical (unpaired) electrons. The highest BCUT2D eigenvalue weighted by atomic mass is 16.2. The van der Waals surface area contributed by atoms with Gasteiger partial charge in [-0.1, -0.05) is 60.7 Å². The molecule has 1 N–H and O–H groups in total. The fraction of sp³-hybridized carbons (Fsp3) is 0.261. The number of rotatable bonds is 7. The molecule has 0 fully saturated rings. The van der Waals surface area contributed by atoms with E-state index < -0.39 is 0 Å². The Morgan fingerprint density at radius 2 is 1.54 bits per heavy atom. The molecule has 28 heavy (non-hydrogen) atoms. The highest BCUT2D eigenvalue weighted by molar-refractivity contribution is 5.92. The molecule has 1 aromatic heterocycles. The summed E-state index contributed by atoms with van der Waals surface area (Å²) < 4.78 is 0. The molecule has 3 rings (SSSR count). The monoisotopic (exact) mass is 374 g/mol. The van der Waals surface area contributed by atoms with Gasteiger partial charge in [-0.25, -0.2) is 0 Å². The van der Waals surface area contributed by atoms with Gasteiger partial charge in [0.2, 0.25) is 0 Å². The van der Waals surface area contributed by atoms with E-state index in [1.807, 2.05) is 61.5 Å². The van der Waals surface area contributed by atoms with Crippen LogP contribution in [0.25, 0.3) is 0 Å². The lowest BCUT2D eigenvalue weighted by molar-refractivity contribution is 0.0934. The zero-order chi connectivity index (χ0) is 19.9. The third kappa shape index (κ3) is 4.94. The zero-order valence-corrected chi connectivity index (χ0v) is 16.5. The minimum atomic E-state index is -0.227. The van der Waals surface area contributed by atoms with Crippen LogP contribution in [0.4, 0.5) is 5.82 Å². The molecule has 0 saturated carbocycles. The van der Waals surface area contributed by atoms with E-state index in [0.717, 1.165) is 17.9 Å². The van der Waals surface area contributed by atoms with E-state index in [0.29, 0.717) is 5.69 Å². The number of benzene rings is 2. The molecule has 0 bridgehead atoms. The van der Waals surface area contributed by atoms with Crippen molar-refractivity contribution in [1.82, 2.24) is 15.5 Å². The Kier molecular flexibility index (Phi) is 6.37. The molecule has 1 amide bonds. The molecule has 0 aliphatic carbocycles. The molecule has 144 valence electrons. The quantitative estimate of drug-likeness (QED) is 0.667. The number of nitrogens with zero attached hydrogens (tertiary/aromatic N) is 3. The summed E-state index contributed by atoms with van der Waals surface area (Å²) in [5.74, 6) is 0.529. The van der Waals surface area contributed by atoms with Crippen LogP contribution >= 0.6 is 0 Å². The number of anilines is 1. The third-order valence-corrected chi connectivity index (χ3v) is 4.64. The van der Waals surface area contributed by atoms with Crippen molar-refractivity contribution in [2.75, 3.05) is 4.90 Å². The zero-order valence-electron chi connectivity index (χ0n) is 16.5. The van der Waals surface area contributed by atoms with Gasteiger partial charge in [0.15, 0.2) is 11.5 Å². The molecule has 0 aliphatic rings. The Hall–Kier alpha value is -3.21. The van der Waals surface area contributed by atoms with Crippen molar-refractivity contribution >= 4 is 11.7 Å². The molecule has 2 aromatic carbocycles. The first-order valence-electron chi connectivity index (χ1n) is 9.54. The Morgan fingerprint density at radius 1 is 0.893 bits per heavy atom. The van der Waals surface area contributed by atoms with Crippen molar-refractivity contribution in [2.24, 2.45) is 0 Å². The van der Waals surface area contributed by atoms with Crippen LogP contribution in [0, 0.1) is 0 Å². The highest BCUT2D eigenvalue weighted by Gasteiger charge is 2.16. The van der Waals surface area contributed by atoms with E-state index in [2.05, 4.69) is 46.4 Å². The maximum absolute atomic E-state index is 12.5. The second kappa shape index (κ2) is 9.13.